The Balaban J connectivity index is 1.98. The van der Waals surface area contributed by atoms with Gasteiger partial charge in [-0.25, -0.2) is 4.98 Å². The Morgan fingerprint density at radius 2 is 2.00 bits per heavy atom. The highest BCUT2D eigenvalue weighted by molar-refractivity contribution is 5.05. The second kappa shape index (κ2) is 4.96. The Morgan fingerprint density at radius 1 is 1.27 bits per heavy atom. The van der Waals surface area contributed by atoms with Crippen molar-refractivity contribution in [3.63, 3.8) is 0 Å². The first-order valence-corrected chi connectivity index (χ1v) is 5.56. The van der Waals surface area contributed by atoms with E-state index < -0.39 is 0 Å². The molecular weight excluding hydrogens is 192 g/mol. The smallest absolute Gasteiger partial charge is 0.254 e. The standard InChI is InChI=1S/C11H16N2O2/c14-10-7-11(13-8-12-10)15-9-5-3-1-2-4-6-9/h7-9H,1-6H2,(H,12,13,14). The van der Waals surface area contributed by atoms with Gasteiger partial charge < -0.3 is 9.72 Å². The number of aromatic nitrogens is 2. The molecule has 15 heavy (non-hydrogen) atoms. The van der Waals surface area contributed by atoms with Crippen molar-refractivity contribution in [1.82, 2.24) is 9.97 Å². The van der Waals surface area contributed by atoms with Crippen LogP contribution in [-0.2, 0) is 0 Å². The molecule has 1 N–H and O–H groups in total. The minimum absolute atomic E-state index is 0.159. The number of rotatable bonds is 2. The lowest BCUT2D eigenvalue weighted by Crippen LogP contribution is -2.17. The summed E-state index contributed by atoms with van der Waals surface area (Å²) in [6, 6.07) is 1.41. The second-order valence-corrected chi connectivity index (χ2v) is 3.98. The van der Waals surface area contributed by atoms with Crippen LogP contribution >= 0.6 is 0 Å². The van der Waals surface area contributed by atoms with Gasteiger partial charge in [0.15, 0.2) is 0 Å². The molecule has 0 saturated heterocycles. The first-order valence-electron chi connectivity index (χ1n) is 5.56. The summed E-state index contributed by atoms with van der Waals surface area (Å²) in [6.07, 6.45) is 8.80. The maximum absolute atomic E-state index is 11.0. The number of nitrogens with one attached hydrogen (secondary N) is 1. The predicted octanol–water partition coefficient (Wildman–Crippen LogP) is 1.87. The van der Waals surface area contributed by atoms with E-state index >= 15 is 0 Å². The van der Waals surface area contributed by atoms with Gasteiger partial charge in [-0.1, -0.05) is 12.8 Å². The summed E-state index contributed by atoms with van der Waals surface area (Å²) in [6.45, 7) is 0. The normalized spacial score (nSPS) is 18.4. The maximum atomic E-state index is 11.0. The Labute approximate surface area is 88.7 Å². The molecule has 4 nitrogen and oxygen atoms in total. The van der Waals surface area contributed by atoms with E-state index in [2.05, 4.69) is 9.97 Å². The van der Waals surface area contributed by atoms with Crippen molar-refractivity contribution in [2.45, 2.75) is 44.6 Å². The molecule has 0 bridgehead atoms. The Kier molecular flexibility index (Phi) is 3.37. The number of hydrogen-bond donors (Lipinski definition) is 1. The summed E-state index contributed by atoms with van der Waals surface area (Å²) in [5, 5.41) is 0. The van der Waals surface area contributed by atoms with E-state index in [1.54, 1.807) is 0 Å². The van der Waals surface area contributed by atoms with Gasteiger partial charge in [-0.3, -0.25) is 4.79 Å². The van der Waals surface area contributed by atoms with Crippen LogP contribution < -0.4 is 10.3 Å². The molecule has 1 aromatic rings. The fourth-order valence-corrected chi connectivity index (χ4v) is 1.95. The topological polar surface area (TPSA) is 55.0 Å². The molecule has 82 valence electrons. The zero-order chi connectivity index (χ0) is 10.5. The molecule has 1 aliphatic carbocycles. The van der Waals surface area contributed by atoms with Crippen LogP contribution in [0.15, 0.2) is 17.2 Å². The number of nitrogens with zero attached hydrogens (tertiary/aromatic N) is 1. The van der Waals surface area contributed by atoms with Crippen molar-refractivity contribution < 1.29 is 4.74 Å². The average Bonchev–Trinajstić information content (AvgIpc) is 2.46. The molecule has 1 aliphatic rings. The Hall–Kier alpha value is -1.32. The zero-order valence-electron chi connectivity index (χ0n) is 8.74. The molecule has 0 aliphatic heterocycles. The quantitative estimate of drug-likeness (QED) is 0.755. The van der Waals surface area contributed by atoms with Gasteiger partial charge in [0.1, 0.15) is 6.10 Å². The van der Waals surface area contributed by atoms with E-state index in [-0.39, 0.29) is 11.7 Å². The fraction of sp³-hybridized carbons (Fsp3) is 0.636. The molecule has 0 aromatic carbocycles. The number of H-pyrrole nitrogens is 1. The SMILES string of the molecule is O=c1cc(OC2CCCCCC2)nc[nH]1. The van der Waals surface area contributed by atoms with Gasteiger partial charge in [0.2, 0.25) is 5.88 Å². The third-order valence-electron chi connectivity index (χ3n) is 2.74. The molecule has 4 heteroatoms. The summed E-state index contributed by atoms with van der Waals surface area (Å²) in [4.78, 5) is 17.5. The third-order valence-corrected chi connectivity index (χ3v) is 2.74. The zero-order valence-corrected chi connectivity index (χ0v) is 8.74. The number of hydrogen-bond acceptors (Lipinski definition) is 3. The molecule has 1 heterocycles. The van der Waals surface area contributed by atoms with Gasteiger partial charge in [0.25, 0.3) is 5.56 Å². The number of aromatic amines is 1. The fourth-order valence-electron chi connectivity index (χ4n) is 1.95. The minimum Gasteiger partial charge on any atom is -0.474 e. The van der Waals surface area contributed by atoms with Crippen LogP contribution in [0.5, 0.6) is 5.88 Å². The summed E-state index contributed by atoms with van der Waals surface area (Å²) in [5.74, 6) is 0.450. The van der Waals surface area contributed by atoms with Gasteiger partial charge in [-0.05, 0) is 25.7 Å². The molecule has 0 spiro atoms. The van der Waals surface area contributed by atoms with Crippen LogP contribution in [0.1, 0.15) is 38.5 Å². The largest absolute Gasteiger partial charge is 0.474 e. The van der Waals surface area contributed by atoms with Crippen molar-refractivity contribution in [1.29, 1.82) is 0 Å². The molecule has 1 fully saturated rings. The lowest BCUT2D eigenvalue weighted by Gasteiger charge is -2.15. The summed E-state index contributed by atoms with van der Waals surface area (Å²) in [5.41, 5.74) is -0.159. The van der Waals surface area contributed by atoms with Crippen molar-refractivity contribution >= 4 is 0 Å². The van der Waals surface area contributed by atoms with Gasteiger partial charge in [0, 0.05) is 0 Å². The second-order valence-electron chi connectivity index (χ2n) is 3.98. The van der Waals surface area contributed by atoms with Crippen molar-refractivity contribution in [2.24, 2.45) is 0 Å². The average molecular weight is 208 g/mol. The van der Waals surface area contributed by atoms with Crippen LogP contribution in [-0.4, -0.2) is 16.1 Å². The van der Waals surface area contributed by atoms with E-state index in [9.17, 15) is 4.79 Å². The van der Waals surface area contributed by atoms with E-state index in [0.29, 0.717) is 5.88 Å². The van der Waals surface area contributed by atoms with Crippen LogP contribution in [0, 0.1) is 0 Å². The molecule has 0 unspecified atom stereocenters. The molecule has 1 saturated carbocycles. The Morgan fingerprint density at radius 3 is 2.67 bits per heavy atom. The van der Waals surface area contributed by atoms with Crippen LogP contribution in [0.3, 0.4) is 0 Å². The monoisotopic (exact) mass is 208 g/mol. The molecule has 0 atom stereocenters. The Bertz CT molecular complexity index is 354. The highest BCUT2D eigenvalue weighted by atomic mass is 16.5. The van der Waals surface area contributed by atoms with E-state index in [1.165, 1.54) is 38.1 Å². The van der Waals surface area contributed by atoms with Crippen molar-refractivity contribution in [2.75, 3.05) is 0 Å². The van der Waals surface area contributed by atoms with Crippen LogP contribution in [0.4, 0.5) is 0 Å². The first kappa shape index (κ1) is 10.2. The molecule has 1 aromatic heterocycles. The molecular formula is C11H16N2O2. The lowest BCUT2D eigenvalue weighted by molar-refractivity contribution is 0.175. The molecule has 0 radical (unpaired) electrons. The first-order chi connectivity index (χ1) is 7.34. The van der Waals surface area contributed by atoms with Crippen molar-refractivity contribution in [3.8, 4) is 5.88 Å². The highest BCUT2D eigenvalue weighted by Gasteiger charge is 2.14. The number of ether oxygens (including phenoxy) is 1. The lowest BCUT2D eigenvalue weighted by atomic mass is 10.1. The minimum atomic E-state index is -0.159. The van der Waals surface area contributed by atoms with E-state index in [0.717, 1.165) is 12.8 Å². The van der Waals surface area contributed by atoms with Gasteiger partial charge in [-0.2, -0.15) is 0 Å². The highest BCUT2D eigenvalue weighted by Crippen LogP contribution is 2.20. The van der Waals surface area contributed by atoms with Crippen LogP contribution in [0.25, 0.3) is 0 Å². The van der Waals surface area contributed by atoms with Gasteiger partial charge in [0.05, 0.1) is 12.4 Å². The molecule has 0 amide bonds. The third kappa shape index (κ3) is 3.08. The maximum Gasteiger partial charge on any atom is 0.254 e. The molecule has 2 rings (SSSR count). The summed E-state index contributed by atoms with van der Waals surface area (Å²) >= 11 is 0. The van der Waals surface area contributed by atoms with Crippen LogP contribution in [0.2, 0.25) is 0 Å². The van der Waals surface area contributed by atoms with Gasteiger partial charge >= 0.3 is 0 Å². The van der Waals surface area contributed by atoms with Gasteiger partial charge in [-0.15, -0.1) is 0 Å². The van der Waals surface area contributed by atoms with E-state index in [1.807, 2.05) is 0 Å². The summed E-state index contributed by atoms with van der Waals surface area (Å²) in [7, 11) is 0. The van der Waals surface area contributed by atoms with Crippen molar-refractivity contribution in [3.05, 3.63) is 22.7 Å². The predicted molar refractivity (Wildman–Crippen MR) is 57.0 cm³/mol. The van der Waals surface area contributed by atoms with E-state index in [4.69, 9.17) is 4.74 Å². The summed E-state index contributed by atoms with van der Waals surface area (Å²) < 4.78 is 5.68.